The van der Waals surface area contributed by atoms with Gasteiger partial charge in [0.1, 0.15) is 5.75 Å². The summed E-state index contributed by atoms with van der Waals surface area (Å²) in [6.45, 7) is 5.87. The number of piperidine rings is 1. The van der Waals surface area contributed by atoms with Crippen molar-refractivity contribution in [2.45, 2.75) is 38.6 Å². The standard InChI is InChI=1S/C16H26N2O/c1-2-19-15-8-6-7-14(13-15)16(9-10-17)18-11-4-3-5-12-18/h6-8,13,16H,2-5,9-12,17H2,1H3. The van der Waals surface area contributed by atoms with Crippen molar-refractivity contribution in [1.29, 1.82) is 0 Å². The van der Waals surface area contributed by atoms with E-state index in [1.54, 1.807) is 0 Å². The van der Waals surface area contributed by atoms with Crippen LogP contribution in [0.3, 0.4) is 0 Å². The van der Waals surface area contributed by atoms with Crippen LogP contribution < -0.4 is 10.5 Å². The van der Waals surface area contributed by atoms with E-state index in [-0.39, 0.29) is 0 Å². The Bertz CT molecular complexity index is 375. The average molecular weight is 262 g/mol. The maximum atomic E-state index is 5.81. The highest BCUT2D eigenvalue weighted by Gasteiger charge is 2.21. The minimum atomic E-state index is 0.450. The van der Waals surface area contributed by atoms with Gasteiger partial charge < -0.3 is 10.5 Å². The van der Waals surface area contributed by atoms with Gasteiger partial charge in [0.25, 0.3) is 0 Å². The lowest BCUT2D eigenvalue weighted by Gasteiger charge is -2.35. The van der Waals surface area contributed by atoms with Crippen LogP contribution in [0.25, 0.3) is 0 Å². The van der Waals surface area contributed by atoms with Crippen molar-refractivity contribution < 1.29 is 4.74 Å². The smallest absolute Gasteiger partial charge is 0.119 e. The monoisotopic (exact) mass is 262 g/mol. The molecule has 3 nitrogen and oxygen atoms in total. The maximum absolute atomic E-state index is 5.81. The van der Waals surface area contributed by atoms with E-state index in [0.29, 0.717) is 12.6 Å². The SMILES string of the molecule is CCOc1cccc(C(CCN)N2CCCCC2)c1. The van der Waals surface area contributed by atoms with E-state index in [9.17, 15) is 0 Å². The molecule has 0 bridgehead atoms. The Kier molecular flexibility index (Phi) is 5.67. The van der Waals surface area contributed by atoms with Crippen LogP contribution in [-0.4, -0.2) is 31.1 Å². The Balaban J connectivity index is 2.14. The highest BCUT2D eigenvalue weighted by atomic mass is 16.5. The second-order valence-electron chi connectivity index (χ2n) is 5.20. The second kappa shape index (κ2) is 7.51. The number of benzene rings is 1. The molecular formula is C16H26N2O. The van der Waals surface area contributed by atoms with Gasteiger partial charge in [0.05, 0.1) is 6.61 Å². The fourth-order valence-corrected chi connectivity index (χ4v) is 2.93. The van der Waals surface area contributed by atoms with E-state index in [1.807, 2.05) is 13.0 Å². The lowest BCUT2D eigenvalue weighted by atomic mass is 9.99. The lowest BCUT2D eigenvalue weighted by Crippen LogP contribution is -2.34. The Morgan fingerprint density at radius 2 is 2.05 bits per heavy atom. The first-order chi connectivity index (χ1) is 9.35. The molecule has 0 saturated carbocycles. The van der Waals surface area contributed by atoms with Crippen molar-refractivity contribution in [3.63, 3.8) is 0 Å². The van der Waals surface area contributed by atoms with Gasteiger partial charge in [-0.15, -0.1) is 0 Å². The van der Waals surface area contributed by atoms with Gasteiger partial charge in [-0.3, -0.25) is 4.90 Å². The van der Waals surface area contributed by atoms with Gasteiger partial charge in [-0.2, -0.15) is 0 Å². The third kappa shape index (κ3) is 3.95. The average Bonchev–Trinajstić information content (AvgIpc) is 2.46. The number of nitrogens with zero attached hydrogens (tertiary/aromatic N) is 1. The first kappa shape index (κ1) is 14.4. The van der Waals surface area contributed by atoms with Crippen LogP contribution in [0, 0.1) is 0 Å². The zero-order valence-corrected chi connectivity index (χ0v) is 12.0. The lowest BCUT2D eigenvalue weighted by molar-refractivity contribution is 0.157. The molecular weight excluding hydrogens is 236 g/mol. The van der Waals surface area contributed by atoms with Gasteiger partial charge in [0, 0.05) is 6.04 Å². The summed E-state index contributed by atoms with van der Waals surface area (Å²) < 4.78 is 5.61. The van der Waals surface area contributed by atoms with E-state index in [2.05, 4.69) is 23.1 Å². The molecule has 0 aromatic heterocycles. The molecule has 1 aliphatic heterocycles. The molecule has 19 heavy (non-hydrogen) atoms. The van der Waals surface area contributed by atoms with Crippen LogP contribution in [0.1, 0.15) is 44.2 Å². The molecule has 2 N–H and O–H groups in total. The fraction of sp³-hybridized carbons (Fsp3) is 0.625. The van der Waals surface area contributed by atoms with Gasteiger partial charge in [0.15, 0.2) is 0 Å². The number of hydrogen-bond acceptors (Lipinski definition) is 3. The maximum Gasteiger partial charge on any atom is 0.119 e. The van der Waals surface area contributed by atoms with Crippen LogP contribution >= 0.6 is 0 Å². The summed E-state index contributed by atoms with van der Waals surface area (Å²) in [6, 6.07) is 8.96. The molecule has 1 saturated heterocycles. The molecule has 1 atom stereocenters. The molecule has 0 amide bonds. The topological polar surface area (TPSA) is 38.5 Å². The summed E-state index contributed by atoms with van der Waals surface area (Å²) in [4.78, 5) is 2.58. The molecule has 1 unspecified atom stereocenters. The summed E-state index contributed by atoms with van der Waals surface area (Å²) in [5.41, 5.74) is 7.16. The van der Waals surface area contributed by atoms with E-state index in [1.165, 1.54) is 37.9 Å². The first-order valence-electron chi connectivity index (χ1n) is 7.52. The first-order valence-corrected chi connectivity index (χ1v) is 7.52. The van der Waals surface area contributed by atoms with Crippen molar-refractivity contribution in [3.05, 3.63) is 29.8 Å². The largest absolute Gasteiger partial charge is 0.494 e. The molecule has 1 aliphatic rings. The highest BCUT2D eigenvalue weighted by molar-refractivity contribution is 5.30. The Morgan fingerprint density at radius 3 is 2.74 bits per heavy atom. The van der Waals surface area contributed by atoms with Crippen LogP contribution in [-0.2, 0) is 0 Å². The summed E-state index contributed by atoms with van der Waals surface area (Å²) in [7, 11) is 0. The molecule has 0 aliphatic carbocycles. The van der Waals surface area contributed by atoms with Gasteiger partial charge in [-0.05, 0) is 63.5 Å². The van der Waals surface area contributed by atoms with Crippen LogP contribution in [0.2, 0.25) is 0 Å². The number of hydrogen-bond donors (Lipinski definition) is 1. The van der Waals surface area contributed by atoms with Gasteiger partial charge in [-0.25, -0.2) is 0 Å². The van der Waals surface area contributed by atoms with E-state index < -0.39 is 0 Å². The summed E-state index contributed by atoms with van der Waals surface area (Å²) in [5.74, 6) is 0.971. The van der Waals surface area contributed by atoms with Crippen molar-refractivity contribution in [1.82, 2.24) is 4.90 Å². The Labute approximate surface area is 116 Å². The summed E-state index contributed by atoms with van der Waals surface area (Å²) >= 11 is 0. The van der Waals surface area contributed by atoms with Crippen molar-refractivity contribution in [2.75, 3.05) is 26.2 Å². The molecule has 1 aromatic rings. The minimum Gasteiger partial charge on any atom is -0.494 e. The molecule has 106 valence electrons. The summed E-state index contributed by atoms with van der Waals surface area (Å²) in [6.07, 6.45) is 5.01. The third-order valence-electron chi connectivity index (χ3n) is 3.83. The Morgan fingerprint density at radius 1 is 1.26 bits per heavy atom. The van der Waals surface area contributed by atoms with Gasteiger partial charge in [0.2, 0.25) is 0 Å². The van der Waals surface area contributed by atoms with Crippen molar-refractivity contribution in [3.8, 4) is 5.75 Å². The summed E-state index contributed by atoms with van der Waals surface area (Å²) in [5, 5.41) is 0. The van der Waals surface area contributed by atoms with Crippen molar-refractivity contribution in [2.24, 2.45) is 5.73 Å². The third-order valence-corrected chi connectivity index (χ3v) is 3.83. The second-order valence-corrected chi connectivity index (χ2v) is 5.20. The van der Waals surface area contributed by atoms with Crippen LogP contribution in [0.5, 0.6) is 5.75 Å². The zero-order valence-electron chi connectivity index (χ0n) is 12.0. The molecule has 1 aromatic carbocycles. The number of nitrogens with two attached hydrogens (primary N) is 1. The van der Waals surface area contributed by atoms with Crippen molar-refractivity contribution >= 4 is 0 Å². The fourth-order valence-electron chi connectivity index (χ4n) is 2.93. The number of likely N-dealkylation sites (tertiary alicyclic amines) is 1. The van der Waals surface area contributed by atoms with E-state index in [0.717, 1.165) is 18.7 Å². The number of ether oxygens (including phenoxy) is 1. The predicted molar refractivity (Wildman–Crippen MR) is 79.4 cm³/mol. The van der Waals surface area contributed by atoms with Gasteiger partial charge >= 0.3 is 0 Å². The van der Waals surface area contributed by atoms with E-state index >= 15 is 0 Å². The molecule has 3 heteroatoms. The predicted octanol–water partition coefficient (Wildman–Crippen LogP) is 2.96. The van der Waals surface area contributed by atoms with Crippen LogP contribution in [0.4, 0.5) is 0 Å². The van der Waals surface area contributed by atoms with E-state index in [4.69, 9.17) is 10.5 Å². The molecule has 2 rings (SSSR count). The number of rotatable bonds is 6. The quantitative estimate of drug-likeness (QED) is 0.856. The van der Waals surface area contributed by atoms with Crippen LogP contribution in [0.15, 0.2) is 24.3 Å². The molecule has 1 fully saturated rings. The Hall–Kier alpha value is -1.06. The minimum absolute atomic E-state index is 0.450. The molecule has 0 spiro atoms. The van der Waals surface area contributed by atoms with Gasteiger partial charge in [-0.1, -0.05) is 18.6 Å². The highest BCUT2D eigenvalue weighted by Crippen LogP contribution is 2.29. The molecule has 1 heterocycles. The zero-order chi connectivity index (χ0) is 13.5. The normalized spacial score (nSPS) is 18.2. The molecule has 0 radical (unpaired) electrons.